The quantitative estimate of drug-likeness (QED) is 0.166. The van der Waals surface area contributed by atoms with E-state index in [2.05, 4.69) is 133 Å². The van der Waals surface area contributed by atoms with Crippen molar-refractivity contribution in [3.05, 3.63) is 235 Å². The molecule has 1 aliphatic carbocycles. The molecule has 13 rings (SSSR count). The summed E-state index contributed by atoms with van der Waals surface area (Å²) >= 11 is 0. The molecule has 6 heteroatoms. The van der Waals surface area contributed by atoms with Gasteiger partial charge in [0, 0.05) is 38.6 Å². The molecule has 0 bridgehead atoms. The van der Waals surface area contributed by atoms with Crippen molar-refractivity contribution >= 4 is 21.9 Å². The van der Waals surface area contributed by atoms with Gasteiger partial charge in [-0.3, -0.25) is 0 Å². The van der Waals surface area contributed by atoms with Crippen molar-refractivity contribution < 1.29 is 13.9 Å². The summed E-state index contributed by atoms with van der Waals surface area (Å²) in [4.78, 5) is 15.4. The number of hydrogen-bond acceptors (Lipinski definition) is 6. The molecule has 0 spiro atoms. The Hall–Kier alpha value is -8.61. The number of nitrogens with zero attached hydrogens (tertiary/aromatic N) is 3. The fourth-order valence-corrected chi connectivity index (χ4v) is 9.92. The molecule has 2 aliphatic rings. The molecule has 1 aliphatic heterocycles. The Morgan fingerprint density at radius 3 is 1.72 bits per heavy atom. The maximum Gasteiger partial charge on any atom is 0.178 e. The number of para-hydroxylation sites is 2. The topological polar surface area (TPSA) is 70.3 Å². The standard InChI is InChI=1S/C58H35N3O3/c1-4-17-36(18-5-1)55-59-56(37-31-32-42-41-24-13-15-29-48(41)62-51(42)35-37)61-57(60-55)44-25-11-10-23-40(44)43-27-16-30-49-53(43)64-54-50(63-49)34-33-47-52(54)45-26-12-14-28-46(45)58(47,38-19-6-2-7-20-38)39-21-8-3-9-22-39/h1-35H. The summed E-state index contributed by atoms with van der Waals surface area (Å²) in [5.41, 5.74) is 12.1. The van der Waals surface area contributed by atoms with E-state index in [1.165, 1.54) is 16.7 Å². The van der Waals surface area contributed by atoms with E-state index in [1.54, 1.807) is 0 Å². The molecule has 0 saturated carbocycles. The van der Waals surface area contributed by atoms with Gasteiger partial charge in [-0.25, -0.2) is 15.0 Å². The molecule has 11 aromatic rings. The first-order valence-electron chi connectivity index (χ1n) is 21.4. The smallest absolute Gasteiger partial charge is 0.178 e. The van der Waals surface area contributed by atoms with Gasteiger partial charge in [-0.1, -0.05) is 182 Å². The van der Waals surface area contributed by atoms with Gasteiger partial charge in [0.25, 0.3) is 0 Å². The zero-order chi connectivity index (χ0) is 42.2. The molecule has 3 heterocycles. The summed E-state index contributed by atoms with van der Waals surface area (Å²) in [5, 5.41) is 2.11. The molecule has 64 heavy (non-hydrogen) atoms. The highest BCUT2D eigenvalue weighted by Crippen LogP contribution is 2.63. The molecule has 6 nitrogen and oxygen atoms in total. The van der Waals surface area contributed by atoms with Crippen molar-refractivity contribution in [2.75, 3.05) is 0 Å². The monoisotopic (exact) mass is 821 g/mol. The first-order chi connectivity index (χ1) is 31.7. The lowest BCUT2D eigenvalue weighted by Crippen LogP contribution is -2.28. The Bertz CT molecular complexity index is 3580. The number of aromatic nitrogens is 3. The van der Waals surface area contributed by atoms with Crippen LogP contribution < -0.4 is 9.47 Å². The Morgan fingerprint density at radius 2 is 0.938 bits per heavy atom. The molecule has 2 aromatic heterocycles. The number of rotatable bonds is 6. The van der Waals surface area contributed by atoms with Crippen molar-refractivity contribution in [1.82, 2.24) is 15.0 Å². The van der Waals surface area contributed by atoms with Crippen LogP contribution in [0.4, 0.5) is 0 Å². The van der Waals surface area contributed by atoms with Crippen LogP contribution in [0, 0.1) is 0 Å². The van der Waals surface area contributed by atoms with Crippen LogP contribution in [0.1, 0.15) is 22.3 Å². The third-order valence-corrected chi connectivity index (χ3v) is 12.7. The van der Waals surface area contributed by atoms with E-state index in [4.69, 9.17) is 28.8 Å². The van der Waals surface area contributed by atoms with E-state index in [0.717, 1.165) is 66.4 Å². The van der Waals surface area contributed by atoms with E-state index in [-0.39, 0.29) is 0 Å². The van der Waals surface area contributed by atoms with E-state index >= 15 is 0 Å². The molecule has 0 amide bonds. The molecular formula is C58H35N3O3. The second kappa shape index (κ2) is 14.2. The van der Waals surface area contributed by atoms with E-state index in [9.17, 15) is 0 Å². The van der Waals surface area contributed by atoms with Crippen molar-refractivity contribution in [2.45, 2.75) is 5.41 Å². The number of benzene rings is 9. The van der Waals surface area contributed by atoms with Crippen molar-refractivity contribution in [3.8, 4) is 79.4 Å². The van der Waals surface area contributed by atoms with Gasteiger partial charge in [0.1, 0.15) is 11.2 Å². The minimum atomic E-state index is -0.582. The van der Waals surface area contributed by atoms with Crippen LogP contribution in [0.3, 0.4) is 0 Å². The van der Waals surface area contributed by atoms with E-state index in [1.807, 2.05) is 78.9 Å². The molecule has 0 unspecified atom stereocenters. The van der Waals surface area contributed by atoms with Gasteiger partial charge in [-0.05, 0) is 63.7 Å². The molecule has 0 fully saturated rings. The Morgan fingerprint density at radius 1 is 0.344 bits per heavy atom. The van der Waals surface area contributed by atoms with Crippen molar-refractivity contribution in [1.29, 1.82) is 0 Å². The molecule has 0 saturated heterocycles. The van der Waals surface area contributed by atoms with Gasteiger partial charge in [-0.15, -0.1) is 0 Å². The summed E-state index contributed by atoms with van der Waals surface area (Å²) in [6, 6.07) is 73.1. The zero-order valence-corrected chi connectivity index (χ0v) is 34.3. The first-order valence-corrected chi connectivity index (χ1v) is 21.4. The van der Waals surface area contributed by atoms with Gasteiger partial charge in [-0.2, -0.15) is 0 Å². The largest absolute Gasteiger partial charge is 0.456 e. The highest BCUT2D eigenvalue weighted by atomic mass is 16.6. The minimum absolute atomic E-state index is 0.532. The summed E-state index contributed by atoms with van der Waals surface area (Å²) in [6.45, 7) is 0. The Balaban J connectivity index is 0.977. The number of fused-ring (bicyclic) bond motifs is 9. The van der Waals surface area contributed by atoms with Gasteiger partial charge in [0.2, 0.25) is 0 Å². The van der Waals surface area contributed by atoms with E-state index in [0.29, 0.717) is 40.5 Å². The summed E-state index contributed by atoms with van der Waals surface area (Å²) in [7, 11) is 0. The lowest BCUT2D eigenvalue weighted by atomic mass is 9.68. The van der Waals surface area contributed by atoms with Crippen LogP contribution in [0.5, 0.6) is 23.0 Å². The fraction of sp³-hybridized carbons (Fsp3) is 0.0172. The van der Waals surface area contributed by atoms with Gasteiger partial charge in [0.15, 0.2) is 40.5 Å². The normalized spacial score (nSPS) is 13.1. The molecule has 9 aromatic carbocycles. The van der Waals surface area contributed by atoms with Gasteiger partial charge >= 0.3 is 0 Å². The van der Waals surface area contributed by atoms with Crippen LogP contribution in [-0.4, -0.2) is 15.0 Å². The lowest BCUT2D eigenvalue weighted by Gasteiger charge is -2.34. The second-order valence-corrected chi connectivity index (χ2v) is 16.2. The predicted molar refractivity (Wildman–Crippen MR) is 253 cm³/mol. The van der Waals surface area contributed by atoms with Crippen LogP contribution >= 0.6 is 0 Å². The summed E-state index contributed by atoms with van der Waals surface area (Å²) in [5.74, 6) is 4.24. The minimum Gasteiger partial charge on any atom is -0.456 e. The molecule has 0 atom stereocenters. The average Bonchev–Trinajstić information content (AvgIpc) is 3.90. The molecule has 300 valence electrons. The number of ether oxygens (including phenoxy) is 2. The Labute approximate surface area is 368 Å². The van der Waals surface area contributed by atoms with Crippen LogP contribution in [0.2, 0.25) is 0 Å². The highest BCUT2D eigenvalue weighted by Gasteiger charge is 2.48. The first kappa shape index (κ1) is 36.1. The summed E-state index contributed by atoms with van der Waals surface area (Å²) < 4.78 is 20.4. The maximum atomic E-state index is 7.28. The molecule has 0 radical (unpaired) electrons. The van der Waals surface area contributed by atoms with Crippen molar-refractivity contribution in [2.24, 2.45) is 0 Å². The predicted octanol–water partition coefficient (Wildman–Crippen LogP) is 14.7. The Kier molecular flexibility index (Phi) is 8.02. The van der Waals surface area contributed by atoms with E-state index < -0.39 is 5.41 Å². The number of hydrogen-bond donors (Lipinski definition) is 0. The highest BCUT2D eigenvalue weighted by molar-refractivity contribution is 6.05. The van der Waals surface area contributed by atoms with Crippen molar-refractivity contribution in [3.63, 3.8) is 0 Å². The third-order valence-electron chi connectivity index (χ3n) is 12.7. The van der Waals surface area contributed by atoms with Crippen LogP contribution in [0.15, 0.2) is 217 Å². The molecular weight excluding hydrogens is 787 g/mol. The SMILES string of the molecule is c1ccc(-c2nc(-c3ccc4c(c3)oc3ccccc34)nc(-c3ccccc3-c3cccc4c3Oc3c(ccc5c3-c3ccccc3C5(c3ccccc3)c3ccccc3)O4)n2)cc1. The van der Waals surface area contributed by atoms with Gasteiger partial charge < -0.3 is 13.9 Å². The summed E-state index contributed by atoms with van der Waals surface area (Å²) in [6.07, 6.45) is 0. The van der Waals surface area contributed by atoms with Gasteiger partial charge in [0.05, 0.1) is 5.41 Å². The van der Waals surface area contributed by atoms with Crippen LogP contribution in [0.25, 0.3) is 78.4 Å². The van der Waals surface area contributed by atoms with Crippen LogP contribution in [-0.2, 0) is 5.41 Å². The zero-order valence-electron chi connectivity index (χ0n) is 34.3. The maximum absolute atomic E-state index is 7.28. The molecule has 0 N–H and O–H groups in total. The average molecular weight is 822 g/mol. The fourth-order valence-electron chi connectivity index (χ4n) is 9.92. The third kappa shape index (κ3) is 5.42. The lowest BCUT2D eigenvalue weighted by molar-refractivity contribution is 0.361. The number of furan rings is 1. The second-order valence-electron chi connectivity index (χ2n) is 16.2.